The van der Waals surface area contributed by atoms with Gasteiger partial charge in [-0.1, -0.05) is 11.6 Å². The van der Waals surface area contributed by atoms with Crippen LogP contribution in [0, 0.1) is 11.3 Å². The maximum absolute atomic E-state index is 13.5. The number of benzene rings is 1. The van der Waals surface area contributed by atoms with Gasteiger partial charge in [0.2, 0.25) is 5.75 Å². The highest BCUT2D eigenvalue weighted by Gasteiger charge is 2.36. The molecule has 0 fully saturated rings. The molecule has 13 heteroatoms. The Kier molecular flexibility index (Phi) is 6.40. The van der Waals surface area contributed by atoms with Crippen molar-refractivity contribution in [2.45, 2.75) is 31.9 Å². The lowest BCUT2D eigenvalue weighted by Crippen LogP contribution is -2.31. The van der Waals surface area contributed by atoms with Crippen LogP contribution in [0.25, 0.3) is 0 Å². The molecule has 32 heavy (non-hydrogen) atoms. The van der Waals surface area contributed by atoms with Crippen molar-refractivity contribution >= 4 is 17.5 Å². The van der Waals surface area contributed by atoms with Crippen LogP contribution in [0.5, 0.6) is 11.5 Å². The van der Waals surface area contributed by atoms with Gasteiger partial charge >= 0.3 is 0 Å². The van der Waals surface area contributed by atoms with Gasteiger partial charge in [-0.05, 0) is 24.3 Å². The summed E-state index contributed by atoms with van der Waals surface area (Å²) in [5, 5.41) is 15.4. The molecule has 8 nitrogen and oxygen atoms in total. The number of hydrogen-bond donors (Lipinski definition) is 0. The van der Waals surface area contributed by atoms with Gasteiger partial charge in [0, 0.05) is 17.5 Å². The predicted molar refractivity (Wildman–Crippen MR) is 102 cm³/mol. The molecule has 1 unspecified atom stereocenters. The third-order valence-electron chi connectivity index (χ3n) is 4.22. The van der Waals surface area contributed by atoms with E-state index in [1.807, 2.05) is 0 Å². The number of carbonyl (C=O) groups excluding carboxylic acids is 1. The van der Waals surface area contributed by atoms with Crippen molar-refractivity contribution in [1.29, 1.82) is 5.26 Å². The van der Waals surface area contributed by atoms with Crippen LogP contribution in [0.15, 0.2) is 51.2 Å². The van der Waals surface area contributed by atoms with Crippen molar-refractivity contribution < 1.29 is 27.1 Å². The van der Waals surface area contributed by atoms with Crippen LogP contribution < -0.4 is 10.3 Å². The molecule has 0 bridgehead atoms. The lowest BCUT2D eigenvalue weighted by atomic mass is 10.1. The van der Waals surface area contributed by atoms with E-state index < -0.39 is 47.8 Å². The number of carbonyl (C=O) groups is 1. The van der Waals surface area contributed by atoms with Crippen LogP contribution in [0.3, 0.4) is 0 Å². The summed E-state index contributed by atoms with van der Waals surface area (Å²) in [4.78, 5) is 28.3. The van der Waals surface area contributed by atoms with Gasteiger partial charge in [0.15, 0.2) is 11.7 Å². The normalized spacial score (nSPS) is 16.1. The maximum atomic E-state index is 13.5. The molecule has 1 aliphatic rings. The number of halogens is 5. The standard InChI is InChI=1S/C19H12ClF4N5O3/c1-19(23,24)13-4-10(17(30)28-27-13)7-29-8-26-14(16(21)22)15(18(29)31)32-12-3-9(6-25)2-11(20)5-12/h2-5,8,13,16H,7H2,1H3. The summed E-state index contributed by atoms with van der Waals surface area (Å²) in [6.45, 7) is -0.00662. The third-order valence-corrected chi connectivity index (χ3v) is 4.44. The van der Waals surface area contributed by atoms with E-state index in [1.54, 1.807) is 6.07 Å². The summed E-state index contributed by atoms with van der Waals surface area (Å²) in [5.41, 5.74) is -2.37. The van der Waals surface area contributed by atoms with Crippen LogP contribution in [-0.2, 0) is 11.3 Å². The second-order valence-electron chi connectivity index (χ2n) is 6.70. The highest BCUT2D eigenvalue weighted by molar-refractivity contribution is 6.30. The molecule has 2 aromatic rings. The Labute approximate surface area is 182 Å². The summed E-state index contributed by atoms with van der Waals surface area (Å²) >= 11 is 5.86. The molecule has 1 amide bonds. The van der Waals surface area contributed by atoms with Crippen LogP contribution in [0.2, 0.25) is 5.02 Å². The number of aromatic nitrogens is 2. The zero-order chi connectivity index (χ0) is 23.6. The first-order valence-electron chi connectivity index (χ1n) is 8.79. The average molecular weight is 470 g/mol. The fraction of sp³-hybridized carbons (Fsp3) is 0.263. The maximum Gasteiger partial charge on any atom is 0.297 e. The fourth-order valence-corrected chi connectivity index (χ4v) is 2.90. The van der Waals surface area contributed by atoms with E-state index in [1.165, 1.54) is 18.2 Å². The van der Waals surface area contributed by atoms with Gasteiger partial charge in [0.1, 0.15) is 5.75 Å². The van der Waals surface area contributed by atoms with Gasteiger partial charge in [-0.3, -0.25) is 14.2 Å². The minimum absolute atomic E-state index is 0.0465. The number of ether oxygens (including phenoxy) is 1. The average Bonchev–Trinajstić information content (AvgIpc) is 2.70. The highest BCUT2D eigenvalue weighted by atomic mass is 35.5. The number of nitriles is 1. The Hall–Kier alpha value is -3.59. The minimum atomic E-state index is -3.32. The van der Waals surface area contributed by atoms with E-state index in [0.29, 0.717) is 6.92 Å². The number of rotatable bonds is 6. The van der Waals surface area contributed by atoms with E-state index in [2.05, 4.69) is 15.2 Å². The highest BCUT2D eigenvalue weighted by Crippen LogP contribution is 2.30. The molecule has 3 rings (SSSR count). The zero-order valence-corrected chi connectivity index (χ0v) is 16.9. The molecule has 0 spiro atoms. The van der Waals surface area contributed by atoms with Gasteiger partial charge in [-0.15, -0.1) is 5.11 Å². The SMILES string of the molecule is CC(F)(F)C1C=C(Cn2cnc(C(F)F)c(Oc3cc(Cl)cc(C#N)c3)c2=O)C(=O)N=N1. The van der Waals surface area contributed by atoms with Crippen molar-refractivity contribution in [1.82, 2.24) is 9.55 Å². The van der Waals surface area contributed by atoms with E-state index >= 15 is 0 Å². The second kappa shape index (κ2) is 8.88. The first-order valence-corrected chi connectivity index (χ1v) is 9.17. The molecule has 1 aliphatic heterocycles. The van der Waals surface area contributed by atoms with Crippen molar-refractivity contribution in [3.8, 4) is 17.6 Å². The molecule has 166 valence electrons. The Balaban J connectivity index is 2.02. The molecule has 0 aliphatic carbocycles. The van der Waals surface area contributed by atoms with Gasteiger partial charge in [0.25, 0.3) is 23.8 Å². The second-order valence-corrected chi connectivity index (χ2v) is 7.13. The van der Waals surface area contributed by atoms with Crippen LogP contribution >= 0.6 is 11.6 Å². The molecular formula is C19H12ClF4N5O3. The van der Waals surface area contributed by atoms with Crippen molar-refractivity contribution in [2.24, 2.45) is 10.2 Å². The van der Waals surface area contributed by atoms with Gasteiger partial charge in [-0.25, -0.2) is 22.5 Å². The van der Waals surface area contributed by atoms with E-state index in [9.17, 15) is 27.2 Å². The summed E-state index contributed by atoms with van der Waals surface area (Å²) in [7, 11) is 0. The summed E-state index contributed by atoms with van der Waals surface area (Å²) < 4.78 is 59.9. The molecule has 0 N–H and O–H groups in total. The number of nitrogens with zero attached hydrogens (tertiary/aromatic N) is 5. The molecule has 1 atom stereocenters. The number of amides is 1. The monoisotopic (exact) mass is 469 g/mol. The first-order chi connectivity index (χ1) is 15.0. The van der Waals surface area contributed by atoms with Crippen LogP contribution in [-0.4, -0.2) is 27.4 Å². The number of azo groups is 1. The molecular weight excluding hydrogens is 458 g/mol. The lowest BCUT2D eigenvalue weighted by Gasteiger charge is -2.19. The van der Waals surface area contributed by atoms with Crippen molar-refractivity contribution in [2.75, 3.05) is 0 Å². The quantitative estimate of drug-likeness (QED) is 0.581. The molecule has 0 saturated heterocycles. The Morgan fingerprint density at radius 1 is 1.31 bits per heavy atom. The molecule has 2 heterocycles. The third kappa shape index (κ3) is 5.00. The minimum Gasteiger partial charge on any atom is -0.449 e. The number of alkyl halides is 4. The van der Waals surface area contributed by atoms with Crippen LogP contribution in [0.4, 0.5) is 17.6 Å². The van der Waals surface area contributed by atoms with Crippen molar-refractivity contribution in [3.63, 3.8) is 0 Å². The summed E-state index contributed by atoms with van der Waals surface area (Å²) in [5.74, 6) is -5.35. The summed E-state index contributed by atoms with van der Waals surface area (Å²) in [6, 6.07) is 3.71. The zero-order valence-electron chi connectivity index (χ0n) is 16.1. The predicted octanol–water partition coefficient (Wildman–Crippen LogP) is 4.44. The fourth-order valence-electron chi connectivity index (χ4n) is 2.68. The Bertz CT molecular complexity index is 1230. The Morgan fingerprint density at radius 3 is 2.66 bits per heavy atom. The number of hydrogen-bond acceptors (Lipinski definition) is 6. The van der Waals surface area contributed by atoms with E-state index in [-0.39, 0.29) is 21.9 Å². The topological polar surface area (TPSA) is 110 Å². The molecule has 1 aromatic heterocycles. The van der Waals surface area contributed by atoms with Gasteiger partial charge < -0.3 is 4.74 Å². The van der Waals surface area contributed by atoms with E-state index in [0.717, 1.165) is 17.0 Å². The largest absolute Gasteiger partial charge is 0.449 e. The molecule has 0 saturated carbocycles. The van der Waals surface area contributed by atoms with Crippen LogP contribution in [0.1, 0.15) is 24.6 Å². The summed E-state index contributed by atoms with van der Waals surface area (Å²) in [6.07, 6.45) is -1.62. The molecule has 0 radical (unpaired) electrons. The van der Waals surface area contributed by atoms with Gasteiger partial charge in [0.05, 0.1) is 24.5 Å². The van der Waals surface area contributed by atoms with E-state index in [4.69, 9.17) is 21.6 Å². The lowest BCUT2D eigenvalue weighted by molar-refractivity contribution is -0.115. The smallest absolute Gasteiger partial charge is 0.297 e. The molecule has 1 aromatic carbocycles. The van der Waals surface area contributed by atoms with Gasteiger partial charge in [-0.2, -0.15) is 10.4 Å². The van der Waals surface area contributed by atoms with Crippen molar-refractivity contribution in [3.05, 3.63) is 62.8 Å². The Morgan fingerprint density at radius 2 is 2.03 bits per heavy atom. The first kappa shape index (κ1) is 23.1.